The Labute approximate surface area is 115 Å². The minimum atomic E-state index is -0.509. The van der Waals surface area contributed by atoms with Crippen LogP contribution < -0.4 is 0 Å². The standard InChI is InChI=1S/C12H16N2O4S/c1-2-18-12(17)10-13-9(7-19-10)11(16)14-5-3-4-8(15)6-14/h7-8,15H,2-6H2,1H3. The average molecular weight is 284 g/mol. The smallest absolute Gasteiger partial charge is 0.367 e. The highest BCUT2D eigenvalue weighted by atomic mass is 32.1. The van der Waals surface area contributed by atoms with Crippen LogP contribution in [0.1, 0.15) is 40.1 Å². The first-order valence-corrected chi connectivity index (χ1v) is 7.09. The SMILES string of the molecule is CCOC(=O)c1nc(C(=O)N2CCCC(O)C2)cs1. The molecule has 2 heterocycles. The van der Waals surface area contributed by atoms with E-state index in [1.807, 2.05) is 0 Å². The third-order valence-electron chi connectivity index (χ3n) is 2.86. The molecule has 0 saturated carbocycles. The maximum absolute atomic E-state index is 12.1. The van der Waals surface area contributed by atoms with Gasteiger partial charge in [0.05, 0.1) is 12.7 Å². The number of β-amino-alcohol motifs (C(OH)–C–C–N with tert-alkyl or cyclic N) is 1. The van der Waals surface area contributed by atoms with Gasteiger partial charge in [0, 0.05) is 18.5 Å². The highest BCUT2D eigenvalue weighted by molar-refractivity contribution is 7.11. The number of nitrogens with zero attached hydrogens (tertiary/aromatic N) is 2. The van der Waals surface area contributed by atoms with E-state index in [2.05, 4.69) is 4.98 Å². The number of aromatic nitrogens is 1. The van der Waals surface area contributed by atoms with Crippen molar-refractivity contribution in [1.82, 2.24) is 9.88 Å². The molecule has 1 amide bonds. The lowest BCUT2D eigenvalue weighted by Gasteiger charge is -2.29. The van der Waals surface area contributed by atoms with Crippen LogP contribution in [0.5, 0.6) is 0 Å². The van der Waals surface area contributed by atoms with Gasteiger partial charge in [0.1, 0.15) is 5.69 Å². The number of ether oxygens (including phenoxy) is 1. The zero-order chi connectivity index (χ0) is 13.8. The van der Waals surface area contributed by atoms with E-state index in [-0.39, 0.29) is 23.2 Å². The Morgan fingerprint density at radius 1 is 1.63 bits per heavy atom. The molecule has 2 rings (SSSR count). The third-order valence-corrected chi connectivity index (χ3v) is 3.68. The van der Waals surface area contributed by atoms with Crippen molar-refractivity contribution in [3.8, 4) is 0 Å². The fraction of sp³-hybridized carbons (Fsp3) is 0.583. The first kappa shape index (κ1) is 14.0. The Morgan fingerprint density at radius 2 is 2.42 bits per heavy atom. The summed E-state index contributed by atoms with van der Waals surface area (Å²) in [5.41, 5.74) is 0.238. The number of amides is 1. The van der Waals surface area contributed by atoms with Crippen LogP contribution in [-0.4, -0.2) is 52.7 Å². The predicted octanol–water partition coefficient (Wildman–Crippen LogP) is 0.917. The van der Waals surface area contributed by atoms with Gasteiger partial charge in [-0.1, -0.05) is 0 Å². The zero-order valence-electron chi connectivity index (χ0n) is 10.7. The molecular formula is C12H16N2O4S. The first-order valence-electron chi connectivity index (χ1n) is 6.21. The maximum Gasteiger partial charge on any atom is 0.367 e. The topological polar surface area (TPSA) is 79.7 Å². The van der Waals surface area contributed by atoms with Gasteiger partial charge in [-0.3, -0.25) is 4.79 Å². The molecule has 104 valence electrons. The first-order chi connectivity index (χ1) is 9.11. The number of hydrogen-bond acceptors (Lipinski definition) is 6. The molecule has 0 aromatic carbocycles. The second-order valence-corrected chi connectivity index (χ2v) is 5.16. The van der Waals surface area contributed by atoms with Crippen LogP contribution >= 0.6 is 11.3 Å². The van der Waals surface area contributed by atoms with Crippen molar-refractivity contribution in [1.29, 1.82) is 0 Å². The Hall–Kier alpha value is -1.47. The summed E-state index contributed by atoms with van der Waals surface area (Å²) >= 11 is 1.10. The quantitative estimate of drug-likeness (QED) is 0.835. The van der Waals surface area contributed by atoms with Gasteiger partial charge in [0.2, 0.25) is 5.01 Å². The number of aliphatic hydroxyl groups is 1. The summed E-state index contributed by atoms with van der Waals surface area (Å²) in [6, 6.07) is 0. The van der Waals surface area contributed by atoms with Gasteiger partial charge < -0.3 is 14.7 Å². The van der Waals surface area contributed by atoms with E-state index < -0.39 is 12.1 Å². The molecule has 1 unspecified atom stereocenters. The van der Waals surface area contributed by atoms with Crippen LogP contribution in [0, 0.1) is 0 Å². The summed E-state index contributed by atoms with van der Waals surface area (Å²) < 4.78 is 4.83. The number of carbonyl (C=O) groups excluding carboxylic acids is 2. The summed E-state index contributed by atoms with van der Waals surface area (Å²) in [6.07, 6.45) is 1.03. The van der Waals surface area contributed by atoms with Gasteiger partial charge >= 0.3 is 5.97 Å². The van der Waals surface area contributed by atoms with Crippen molar-refractivity contribution < 1.29 is 19.4 Å². The van der Waals surface area contributed by atoms with E-state index in [4.69, 9.17) is 4.74 Å². The van der Waals surface area contributed by atoms with Crippen molar-refractivity contribution >= 4 is 23.2 Å². The lowest BCUT2D eigenvalue weighted by Crippen LogP contribution is -2.42. The van der Waals surface area contributed by atoms with Crippen molar-refractivity contribution in [2.45, 2.75) is 25.9 Å². The van der Waals surface area contributed by atoms with Crippen molar-refractivity contribution in [3.63, 3.8) is 0 Å². The minimum Gasteiger partial charge on any atom is -0.461 e. The second-order valence-electron chi connectivity index (χ2n) is 4.31. The highest BCUT2D eigenvalue weighted by Crippen LogP contribution is 2.16. The minimum absolute atomic E-state index is 0.183. The van der Waals surface area contributed by atoms with E-state index in [9.17, 15) is 14.7 Å². The van der Waals surface area contributed by atoms with E-state index in [1.54, 1.807) is 17.2 Å². The zero-order valence-corrected chi connectivity index (χ0v) is 11.5. The molecule has 0 radical (unpaired) electrons. The highest BCUT2D eigenvalue weighted by Gasteiger charge is 2.25. The average Bonchev–Trinajstić information content (AvgIpc) is 2.88. The molecule has 1 saturated heterocycles. The molecular weight excluding hydrogens is 268 g/mol. The van der Waals surface area contributed by atoms with Crippen LogP contribution in [0.2, 0.25) is 0 Å². The fourth-order valence-corrected chi connectivity index (χ4v) is 2.64. The van der Waals surface area contributed by atoms with E-state index >= 15 is 0 Å². The van der Waals surface area contributed by atoms with Gasteiger partial charge in [0.25, 0.3) is 5.91 Å². The normalized spacial score (nSPS) is 19.3. The third kappa shape index (κ3) is 3.30. The lowest BCUT2D eigenvalue weighted by atomic mass is 10.1. The van der Waals surface area contributed by atoms with E-state index in [0.29, 0.717) is 13.1 Å². The van der Waals surface area contributed by atoms with Gasteiger partial charge in [-0.15, -0.1) is 11.3 Å². The van der Waals surface area contributed by atoms with Crippen LogP contribution in [0.25, 0.3) is 0 Å². The molecule has 0 aliphatic carbocycles. The molecule has 1 aromatic heterocycles. The van der Waals surface area contributed by atoms with Gasteiger partial charge in [0.15, 0.2) is 0 Å². The predicted molar refractivity (Wildman–Crippen MR) is 69.2 cm³/mol. The van der Waals surface area contributed by atoms with Crippen LogP contribution in [-0.2, 0) is 4.74 Å². The van der Waals surface area contributed by atoms with Crippen molar-refractivity contribution in [2.24, 2.45) is 0 Å². The number of carbonyl (C=O) groups is 2. The second kappa shape index (κ2) is 6.12. The number of piperidine rings is 1. The summed E-state index contributed by atoms with van der Waals surface area (Å²) in [5, 5.41) is 11.3. The number of esters is 1. The molecule has 0 bridgehead atoms. The van der Waals surface area contributed by atoms with E-state index in [0.717, 1.165) is 24.2 Å². The summed E-state index contributed by atoms with van der Waals surface area (Å²) in [7, 11) is 0. The van der Waals surface area contributed by atoms with Crippen LogP contribution in [0.3, 0.4) is 0 Å². The van der Waals surface area contributed by atoms with Gasteiger partial charge in [-0.25, -0.2) is 9.78 Å². The molecule has 7 heteroatoms. The molecule has 19 heavy (non-hydrogen) atoms. The monoisotopic (exact) mass is 284 g/mol. The Bertz CT molecular complexity index is 474. The van der Waals surface area contributed by atoms with Crippen molar-refractivity contribution in [2.75, 3.05) is 19.7 Å². The maximum atomic E-state index is 12.1. The summed E-state index contributed by atoms with van der Waals surface area (Å²) in [5.74, 6) is -0.754. The molecule has 1 N–H and O–H groups in total. The number of hydrogen-bond donors (Lipinski definition) is 1. The van der Waals surface area contributed by atoms with Crippen molar-refractivity contribution in [3.05, 3.63) is 16.1 Å². The van der Waals surface area contributed by atoms with Gasteiger partial charge in [-0.05, 0) is 19.8 Å². The Balaban J connectivity index is 2.05. The molecule has 0 spiro atoms. The summed E-state index contributed by atoms with van der Waals surface area (Å²) in [6.45, 7) is 2.93. The molecule has 6 nitrogen and oxygen atoms in total. The van der Waals surface area contributed by atoms with Crippen LogP contribution in [0.4, 0.5) is 0 Å². The fourth-order valence-electron chi connectivity index (χ4n) is 1.96. The van der Waals surface area contributed by atoms with Gasteiger partial charge in [-0.2, -0.15) is 0 Å². The largest absolute Gasteiger partial charge is 0.461 e. The Kier molecular flexibility index (Phi) is 4.49. The van der Waals surface area contributed by atoms with Crippen LogP contribution in [0.15, 0.2) is 5.38 Å². The number of rotatable bonds is 3. The number of likely N-dealkylation sites (tertiary alicyclic amines) is 1. The van der Waals surface area contributed by atoms with E-state index in [1.165, 1.54) is 0 Å². The Morgan fingerprint density at radius 3 is 3.11 bits per heavy atom. The molecule has 1 aliphatic rings. The molecule has 1 aromatic rings. The molecule has 1 fully saturated rings. The lowest BCUT2D eigenvalue weighted by molar-refractivity contribution is 0.0468. The molecule has 1 aliphatic heterocycles. The number of aliphatic hydroxyl groups excluding tert-OH is 1. The molecule has 1 atom stereocenters. The number of thiazole rings is 1. The summed E-state index contributed by atoms with van der Waals surface area (Å²) in [4.78, 5) is 29.2.